The van der Waals surface area contributed by atoms with Crippen LogP contribution in [0, 0.1) is 5.92 Å². The van der Waals surface area contributed by atoms with Gasteiger partial charge >= 0.3 is 6.09 Å². The SMILES string of the molecule is CC(C)(C)OC(=O)NC(C=O)CC1CCCNC1=O. The lowest BCUT2D eigenvalue weighted by Crippen LogP contribution is -2.44. The van der Waals surface area contributed by atoms with Crippen molar-refractivity contribution in [3.05, 3.63) is 0 Å². The van der Waals surface area contributed by atoms with E-state index in [1.54, 1.807) is 20.8 Å². The van der Waals surface area contributed by atoms with Gasteiger partial charge in [0.25, 0.3) is 0 Å². The van der Waals surface area contributed by atoms with Crippen LogP contribution in [0.25, 0.3) is 0 Å². The summed E-state index contributed by atoms with van der Waals surface area (Å²) in [5.41, 5.74) is -0.611. The fourth-order valence-corrected chi connectivity index (χ4v) is 1.97. The molecule has 0 aliphatic carbocycles. The normalized spacial score (nSPS) is 21.2. The van der Waals surface area contributed by atoms with E-state index in [2.05, 4.69) is 10.6 Å². The highest BCUT2D eigenvalue weighted by Gasteiger charge is 2.27. The molecule has 0 spiro atoms. The minimum Gasteiger partial charge on any atom is -0.444 e. The summed E-state index contributed by atoms with van der Waals surface area (Å²) in [4.78, 5) is 34.1. The Morgan fingerprint density at radius 2 is 2.26 bits per heavy atom. The Labute approximate surface area is 113 Å². The molecule has 2 unspecified atom stereocenters. The number of aldehydes is 1. The van der Waals surface area contributed by atoms with Crippen LogP contribution in [-0.2, 0) is 14.3 Å². The van der Waals surface area contributed by atoms with Crippen molar-refractivity contribution in [2.75, 3.05) is 6.54 Å². The van der Waals surface area contributed by atoms with Crippen molar-refractivity contribution < 1.29 is 19.1 Å². The lowest BCUT2D eigenvalue weighted by atomic mass is 9.92. The van der Waals surface area contributed by atoms with E-state index in [1.807, 2.05) is 0 Å². The highest BCUT2D eigenvalue weighted by atomic mass is 16.6. The second kappa shape index (κ2) is 6.54. The second-order valence-corrected chi connectivity index (χ2v) is 5.75. The molecule has 1 saturated heterocycles. The minimum atomic E-state index is -0.691. The van der Waals surface area contributed by atoms with E-state index in [-0.39, 0.29) is 11.8 Å². The van der Waals surface area contributed by atoms with Crippen LogP contribution in [0.15, 0.2) is 0 Å². The molecule has 0 aromatic rings. The molecular formula is C13H22N2O4. The topological polar surface area (TPSA) is 84.5 Å². The number of carbonyl (C=O) groups is 3. The van der Waals surface area contributed by atoms with Crippen LogP contribution in [0.2, 0.25) is 0 Å². The molecule has 2 atom stereocenters. The molecule has 19 heavy (non-hydrogen) atoms. The quantitative estimate of drug-likeness (QED) is 0.746. The summed E-state index contributed by atoms with van der Waals surface area (Å²) in [6.45, 7) is 5.92. The molecule has 1 aliphatic heterocycles. The molecule has 0 aromatic carbocycles. The number of piperidine rings is 1. The lowest BCUT2D eigenvalue weighted by molar-refractivity contribution is -0.127. The Balaban J connectivity index is 2.47. The summed E-state index contributed by atoms with van der Waals surface area (Å²) < 4.78 is 5.08. The van der Waals surface area contributed by atoms with Gasteiger partial charge in [-0.25, -0.2) is 4.79 Å². The zero-order valence-corrected chi connectivity index (χ0v) is 11.7. The monoisotopic (exact) mass is 270 g/mol. The maximum Gasteiger partial charge on any atom is 0.408 e. The molecule has 108 valence electrons. The number of ether oxygens (including phenoxy) is 1. The molecule has 1 heterocycles. The van der Waals surface area contributed by atoms with Gasteiger partial charge in [-0.1, -0.05) is 0 Å². The molecule has 1 aliphatic rings. The average molecular weight is 270 g/mol. The van der Waals surface area contributed by atoms with Gasteiger partial charge in [0.05, 0.1) is 6.04 Å². The van der Waals surface area contributed by atoms with E-state index >= 15 is 0 Å². The van der Waals surface area contributed by atoms with Gasteiger partial charge in [-0.05, 0) is 40.0 Å². The molecule has 0 aromatic heterocycles. The summed E-state index contributed by atoms with van der Waals surface area (Å²) in [5.74, 6) is -0.275. The van der Waals surface area contributed by atoms with Crippen molar-refractivity contribution in [3.8, 4) is 0 Å². The number of hydrogen-bond donors (Lipinski definition) is 2. The highest BCUT2D eigenvalue weighted by molar-refractivity contribution is 5.80. The van der Waals surface area contributed by atoms with E-state index in [1.165, 1.54) is 0 Å². The van der Waals surface area contributed by atoms with Crippen LogP contribution >= 0.6 is 0 Å². The Kier molecular flexibility index (Phi) is 5.32. The van der Waals surface area contributed by atoms with Crippen molar-refractivity contribution in [1.29, 1.82) is 0 Å². The number of hydrogen-bond acceptors (Lipinski definition) is 4. The first-order chi connectivity index (χ1) is 8.81. The Bertz CT molecular complexity index is 349. The Morgan fingerprint density at radius 3 is 2.79 bits per heavy atom. The molecule has 1 fully saturated rings. The van der Waals surface area contributed by atoms with Crippen LogP contribution in [0.3, 0.4) is 0 Å². The van der Waals surface area contributed by atoms with Crippen molar-refractivity contribution in [2.24, 2.45) is 5.92 Å². The third-order valence-corrected chi connectivity index (χ3v) is 2.80. The van der Waals surface area contributed by atoms with Gasteiger partial charge in [0, 0.05) is 12.5 Å². The van der Waals surface area contributed by atoms with Gasteiger partial charge in [0.15, 0.2) is 0 Å². The van der Waals surface area contributed by atoms with Gasteiger partial charge in [-0.15, -0.1) is 0 Å². The number of nitrogens with one attached hydrogen (secondary N) is 2. The Hall–Kier alpha value is -1.59. The molecule has 0 radical (unpaired) electrons. The van der Waals surface area contributed by atoms with Gasteiger partial charge < -0.3 is 20.2 Å². The maximum atomic E-state index is 11.6. The summed E-state index contributed by atoms with van der Waals surface area (Å²) in [5, 5.41) is 5.24. The summed E-state index contributed by atoms with van der Waals surface area (Å²) in [6.07, 6.45) is 1.96. The first kappa shape index (κ1) is 15.5. The van der Waals surface area contributed by atoms with E-state index in [0.29, 0.717) is 19.3 Å². The standard InChI is InChI=1S/C13H22N2O4/c1-13(2,3)19-12(18)15-10(8-16)7-9-5-4-6-14-11(9)17/h8-10H,4-7H2,1-3H3,(H,14,17)(H,15,18). The van der Waals surface area contributed by atoms with Crippen LogP contribution < -0.4 is 10.6 Å². The van der Waals surface area contributed by atoms with Gasteiger partial charge in [0.2, 0.25) is 5.91 Å². The van der Waals surface area contributed by atoms with Crippen molar-refractivity contribution >= 4 is 18.3 Å². The summed E-state index contributed by atoms with van der Waals surface area (Å²) in [6, 6.07) is -0.691. The first-order valence-electron chi connectivity index (χ1n) is 6.54. The van der Waals surface area contributed by atoms with E-state index in [0.717, 1.165) is 12.8 Å². The van der Waals surface area contributed by atoms with Gasteiger partial charge in [-0.2, -0.15) is 0 Å². The fraction of sp³-hybridized carbons (Fsp3) is 0.769. The zero-order chi connectivity index (χ0) is 14.5. The van der Waals surface area contributed by atoms with E-state index in [9.17, 15) is 14.4 Å². The maximum absolute atomic E-state index is 11.6. The highest BCUT2D eigenvalue weighted by Crippen LogP contribution is 2.17. The summed E-state index contributed by atoms with van der Waals surface area (Å²) in [7, 11) is 0. The number of rotatable bonds is 4. The van der Waals surface area contributed by atoms with E-state index < -0.39 is 17.7 Å². The van der Waals surface area contributed by atoms with Crippen LogP contribution in [0.4, 0.5) is 4.79 Å². The molecular weight excluding hydrogens is 248 g/mol. The molecule has 6 nitrogen and oxygen atoms in total. The summed E-state index contributed by atoms with van der Waals surface area (Å²) >= 11 is 0. The van der Waals surface area contributed by atoms with Crippen molar-refractivity contribution in [2.45, 2.75) is 51.7 Å². The van der Waals surface area contributed by atoms with Crippen LogP contribution in [0.1, 0.15) is 40.0 Å². The molecule has 2 N–H and O–H groups in total. The molecule has 0 bridgehead atoms. The predicted molar refractivity (Wildman–Crippen MR) is 69.6 cm³/mol. The molecule has 0 saturated carbocycles. The largest absolute Gasteiger partial charge is 0.444 e. The molecule has 1 rings (SSSR count). The van der Waals surface area contributed by atoms with Crippen molar-refractivity contribution in [3.63, 3.8) is 0 Å². The average Bonchev–Trinajstić information content (AvgIpc) is 2.28. The van der Waals surface area contributed by atoms with Crippen LogP contribution in [0.5, 0.6) is 0 Å². The fourth-order valence-electron chi connectivity index (χ4n) is 1.97. The van der Waals surface area contributed by atoms with E-state index in [4.69, 9.17) is 4.74 Å². The second-order valence-electron chi connectivity index (χ2n) is 5.75. The van der Waals surface area contributed by atoms with Crippen molar-refractivity contribution in [1.82, 2.24) is 10.6 Å². The zero-order valence-electron chi connectivity index (χ0n) is 11.7. The first-order valence-corrected chi connectivity index (χ1v) is 6.54. The molecule has 2 amide bonds. The van der Waals surface area contributed by atoms with Crippen LogP contribution in [-0.4, -0.2) is 36.5 Å². The third-order valence-electron chi connectivity index (χ3n) is 2.80. The van der Waals surface area contributed by atoms with Gasteiger partial charge in [0.1, 0.15) is 11.9 Å². The number of amides is 2. The smallest absolute Gasteiger partial charge is 0.408 e. The minimum absolute atomic E-state index is 0.0518. The third kappa shape index (κ3) is 5.72. The predicted octanol–water partition coefficient (Wildman–Crippen LogP) is 0.995. The lowest BCUT2D eigenvalue weighted by Gasteiger charge is -2.25. The molecule has 6 heteroatoms. The Morgan fingerprint density at radius 1 is 1.58 bits per heavy atom. The number of carbonyl (C=O) groups excluding carboxylic acids is 3. The van der Waals surface area contributed by atoms with Gasteiger partial charge in [-0.3, -0.25) is 4.79 Å². The number of alkyl carbamates (subject to hydrolysis) is 1.